The molecule has 0 atom stereocenters. The van der Waals surface area contributed by atoms with E-state index in [9.17, 15) is 4.79 Å². The van der Waals surface area contributed by atoms with Gasteiger partial charge in [0.2, 0.25) is 0 Å². The van der Waals surface area contributed by atoms with Gasteiger partial charge in [0.25, 0.3) is 0 Å². The largest absolute Gasteiger partial charge is 0.324 e. The summed E-state index contributed by atoms with van der Waals surface area (Å²) >= 11 is 0. The molecular formula is C8H8N4O. The molecule has 0 spiro atoms. The van der Waals surface area contributed by atoms with Crippen molar-refractivity contribution in [2.75, 3.05) is 6.54 Å². The van der Waals surface area contributed by atoms with Gasteiger partial charge in [0.15, 0.2) is 5.78 Å². The van der Waals surface area contributed by atoms with E-state index in [1.807, 2.05) is 0 Å². The Morgan fingerprint density at radius 1 is 1.46 bits per heavy atom. The van der Waals surface area contributed by atoms with E-state index >= 15 is 0 Å². The summed E-state index contributed by atoms with van der Waals surface area (Å²) in [5.41, 5.74) is 14.3. The molecule has 0 aliphatic rings. The maximum absolute atomic E-state index is 11.1. The third-order valence-corrected chi connectivity index (χ3v) is 1.53. The van der Waals surface area contributed by atoms with Gasteiger partial charge in [0.1, 0.15) is 0 Å². The Morgan fingerprint density at radius 2 is 2.08 bits per heavy atom. The van der Waals surface area contributed by atoms with Gasteiger partial charge in [-0.1, -0.05) is 29.4 Å². The lowest BCUT2D eigenvalue weighted by molar-refractivity contribution is 0.100. The van der Waals surface area contributed by atoms with E-state index < -0.39 is 0 Å². The zero-order valence-electron chi connectivity index (χ0n) is 6.84. The third kappa shape index (κ3) is 2.30. The Bertz CT molecular complexity index is 351. The van der Waals surface area contributed by atoms with Crippen LogP contribution in [-0.4, -0.2) is 12.3 Å². The molecule has 0 aromatic heterocycles. The molecule has 0 heterocycles. The van der Waals surface area contributed by atoms with Crippen molar-refractivity contribution in [1.82, 2.24) is 0 Å². The topological polar surface area (TPSA) is 91.9 Å². The minimum atomic E-state index is -0.132. The number of benzene rings is 1. The SMILES string of the molecule is [N-]=[N+]=Nc1ccc(C(=O)CN)cc1. The average Bonchev–Trinajstić information content (AvgIpc) is 2.18. The Morgan fingerprint density at radius 3 is 2.54 bits per heavy atom. The molecule has 66 valence electrons. The van der Waals surface area contributed by atoms with Gasteiger partial charge in [-0.3, -0.25) is 4.79 Å². The van der Waals surface area contributed by atoms with E-state index in [-0.39, 0.29) is 12.3 Å². The summed E-state index contributed by atoms with van der Waals surface area (Å²) in [7, 11) is 0. The molecule has 0 aliphatic heterocycles. The molecule has 2 N–H and O–H groups in total. The second-order valence-corrected chi connectivity index (χ2v) is 2.36. The molecule has 13 heavy (non-hydrogen) atoms. The van der Waals surface area contributed by atoms with Gasteiger partial charge in [0.05, 0.1) is 6.54 Å². The fourth-order valence-electron chi connectivity index (χ4n) is 0.883. The molecule has 0 saturated heterocycles. The first-order chi connectivity index (χ1) is 6.27. The molecule has 0 bridgehead atoms. The monoisotopic (exact) mass is 176 g/mol. The molecule has 5 nitrogen and oxygen atoms in total. The quantitative estimate of drug-likeness (QED) is 0.329. The fraction of sp³-hybridized carbons (Fsp3) is 0.125. The average molecular weight is 176 g/mol. The number of Topliss-reactive ketones (excluding diaryl/α,β-unsaturated/α-hetero) is 1. The smallest absolute Gasteiger partial charge is 0.176 e. The summed E-state index contributed by atoms with van der Waals surface area (Å²) in [6.07, 6.45) is 0. The van der Waals surface area contributed by atoms with Crippen molar-refractivity contribution in [2.24, 2.45) is 10.8 Å². The van der Waals surface area contributed by atoms with Gasteiger partial charge >= 0.3 is 0 Å². The zero-order valence-corrected chi connectivity index (χ0v) is 6.84. The highest BCUT2D eigenvalue weighted by molar-refractivity contribution is 5.97. The van der Waals surface area contributed by atoms with Crippen LogP contribution < -0.4 is 5.73 Å². The van der Waals surface area contributed by atoms with Crippen LogP contribution in [0.4, 0.5) is 5.69 Å². The first kappa shape index (κ1) is 9.25. The predicted molar refractivity (Wildman–Crippen MR) is 48.6 cm³/mol. The Hall–Kier alpha value is -1.84. The van der Waals surface area contributed by atoms with Crippen molar-refractivity contribution in [1.29, 1.82) is 0 Å². The van der Waals surface area contributed by atoms with E-state index in [1.54, 1.807) is 24.3 Å². The van der Waals surface area contributed by atoms with Crippen molar-refractivity contribution < 1.29 is 4.79 Å². The zero-order chi connectivity index (χ0) is 9.68. The molecule has 0 saturated carbocycles. The van der Waals surface area contributed by atoms with Crippen LogP contribution in [0.25, 0.3) is 10.4 Å². The number of carbonyl (C=O) groups excluding carboxylic acids is 1. The lowest BCUT2D eigenvalue weighted by Crippen LogP contribution is -2.13. The molecule has 0 amide bonds. The number of azide groups is 1. The Balaban J connectivity index is 2.93. The van der Waals surface area contributed by atoms with Crippen LogP contribution in [0.1, 0.15) is 10.4 Å². The number of carbonyl (C=O) groups is 1. The van der Waals surface area contributed by atoms with E-state index in [4.69, 9.17) is 11.3 Å². The number of nitrogens with two attached hydrogens (primary N) is 1. The van der Waals surface area contributed by atoms with Crippen LogP contribution in [0, 0.1) is 0 Å². The highest BCUT2D eigenvalue weighted by Gasteiger charge is 2.01. The van der Waals surface area contributed by atoms with E-state index in [2.05, 4.69) is 10.0 Å². The van der Waals surface area contributed by atoms with Crippen molar-refractivity contribution in [3.63, 3.8) is 0 Å². The first-order valence-electron chi connectivity index (χ1n) is 3.66. The molecular weight excluding hydrogens is 168 g/mol. The van der Waals surface area contributed by atoms with Crippen LogP contribution in [0.2, 0.25) is 0 Å². The van der Waals surface area contributed by atoms with Crippen LogP contribution in [-0.2, 0) is 0 Å². The lowest BCUT2D eigenvalue weighted by Gasteiger charge is -1.96. The second kappa shape index (κ2) is 4.25. The second-order valence-electron chi connectivity index (χ2n) is 2.36. The molecule has 0 aliphatic carbocycles. The number of hydrogen-bond donors (Lipinski definition) is 1. The molecule has 0 radical (unpaired) electrons. The lowest BCUT2D eigenvalue weighted by atomic mass is 10.1. The summed E-state index contributed by atoms with van der Waals surface area (Å²) in [6, 6.07) is 6.31. The summed E-state index contributed by atoms with van der Waals surface area (Å²) in [5.74, 6) is -0.132. The van der Waals surface area contributed by atoms with Gasteiger partial charge in [0, 0.05) is 16.2 Å². The molecule has 5 heteroatoms. The van der Waals surface area contributed by atoms with Gasteiger partial charge in [-0.25, -0.2) is 0 Å². The molecule has 1 aromatic rings. The predicted octanol–water partition coefficient (Wildman–Crippen LogP) is 1.77. The Labute approximate surface area is 74.8 Å². The highest BCUT2D eigenvalue weighted by Crippen LogP contribution is 2.12. The number of rotatable bonds is 3. The summed E-state index contributed by atoms with van der Waals surface area (Å²) < 4.78 is 0. The van der Waals surface area contributed by atoms with Gasteiger partial charge < -0.3 is 5.73 Å². The molecule has 1 aromatic carbocycles. The number of hydrogen-bond acceptors (Lipinski definition) is 3. The number of ketones is 1. The van der Waals surface area contributed by atoms with Gasteiger partial charge in [-0.05, 0) is 5.53 Å². The normalized spacial score (nSPS) is 9.00. The van der Waals surface area contributed by atoms with Crippen LogP contribution >= 0.6 is 0 Å². The van der Waals surface area contributed by atoms with Crippen LogP contribution in [0.5, 0.6) is 0 Å². The summed E-state index contributed by atoms with van der Waals surface area (Å²) in [5, 5.41) is 3.37. The van der Waals surface area contributed by atoms with Crippen molar-refractivity contribution in [3.8, 4) is 0 Å². The Kier molecular flexibility index (Phi) is 3.03. The van der Waals surface area contributed by atoms with Crippen LogP contribution in [0.3, 0.4) is 0 Å². The van der Waals surface area contributed by atoms with Crippen molar-refractivity contribution in [3.05, 3.63) is 40.3 Å². The van der Waals surface area contributed by atoms with E-state index in [0.29, 0.717) is 11.3 Å². The molecule has 1 rings (SSSR count). The molecule has 0 fully saturated rings. The van der Waals surface area contributed by atoms with Crippen molar-refractivity contribution in [2.45, 2.75) is 0 Å². The summed E-state index contributed by atoms with van der Waals surface area (Å²) in [6.45, 7) is -0.0130. The minimum Gasteiger partial charge on any atom is -0.324 e. The fourth-order valence-corrected chi connectivity index (χ4v) is 0.883. The van der Waals surface area contributed by atoms with E-state index in [1.165, 1.54) is 0 Å². The standard InChI is InChI=1S/C8H8N4O/c9-5-8(13)6-1-3-7(4-2-6)11-12-10/h1-4H,5,9H2. The van der Waals surface area contributed by atoms with Gasteiger partial charge in [-0.15, -0.1) is 0 Å². The first-order valence-corrected chi connectivity index (χ1v) is 3.66. The molecule has 0 unspecified atom stereocenters. The van der Waals surface area contributed by atoms with E-state index in [0.717, 1.165) is 0 Å². The third-order valence-electron chi connectivity index (χ3n) is 1.53. The van der Waals surface area contributed by atoms with Crippen LogP contribution in [0.15, 0.2) is 29.4 Å². The number of nitrogens with zero attached hydrogens (tertiary/aromatic N) is 3. The maximum atomic E-state index is 11.1. The van der Waals surface area contributed by atoms with Crippen molar-refractivity contribution >= 4 is 11.5 Å². The summed E-state index contributed by atoms with van der Waals surface area (Å²) in [4.78, 5) is 13.7. The minimum absolute atomic E-state index is 0.0130. The highest BCUT2D eigenvalue weighted by atomic mass is 16.1. The van der Waals surface area contributed by atoms with Gasteiger partial charge in [-0.2, -0.15) is 0 Å². The maximum Gasteiger partial charge on any atom is 0.176 e.